The molecule has 0 amide bonds. The lowest BCUT2D eigenvalue weighted by molar-refractivity contribution is 0.202. The minimum atomic E-state index is -0.633. The molecule has 1 aromatic carbocycles. The van der Waals surface area contributed by atoms with Crippen LogP contribution in [0.5, 0.6) is 0 Å². The van der Waals surface area contributed by atoms with Crippen LogP contribution in [0.3, 0.4) is 0 Å². The van der Waals surface area contributed by atoms with Crippen LogP contribution in [-0.2, 0) is 0 Å². The summed E-state index contributed by atoms with van der Waals surface area (Å²) in [5.74, 6) is 1.38. The quantitative estimate of drug-likeness (QED) is 0.334. The molecule has 1 atom stereocenters. The number of hydrogen-bond donors (Lipinski definition) is 1. The molecule has 1 unspecified atom stereocenters. The molecule has 4 heterocycles. The molecule has 1 N–H and O–H groups in total. The predicted molar refractivity (Wildman–Crippen MR) is 142 cm³/mol. The van der Waals surface area contributed by atoms with Gasteiger partial charge in [0, 0.05) is 17.8 Å². The average molecular weight is 506 g/mol. The van der Waals surface area contributed by atoms with Crippen LogP contribution in [0, 0.1) is 24.5 Å². The predicted octanol–water partition coefficient (Wildman–Crippen LogP) is 6.24. The summed E-state index contributed by atoms with van der Waals surface area (Å²) in [5.41, 5.74) is 2.40. The normalized spacial score (nSPS) is 16.0. The Bertz CT molecular complexity index is 1410. The van der Waals surface area contributed by atoms with Gasteiger partial charge in [-0.25, -0.2) is 28.7 Å². The molecule has 0 spiro atoms. The number of pyridine rings is 1. The Labute approximate surface area is 216 Å². The van der Waals surface area contributed by atoms with E-state index in [2.05, 4.69) is 50.2 Å². The Morgan fingerprint density at radius 3 is 2.41 bits per heavy atom. The van der Waals surface area contributed by atoms with Crippen LogP contribution in [0.25, 0.3) is 22.3 Å². The van der Waals surface area contributed by atoms with E-state index in [0.717, 1.165) is 19.3 Å². The number of aromatic nitrogens is 5. The standard InChI is InChI=1S/C28H33F2N7/c1-16(2)37-18(4)33-27-22(29)12-21(13-24(27)37)26-23(30)15-32-28(35-26)34-25-7-6-20(14-31-25)17(3)19-8-10-36(5)11-9-19/h6-7,12-17,19H,8-11H2,1-5H3,(H,31,32,34,35). The van der Waals surface area contributed by atoms with Gasteiger partial charge in [-0.2, -0.15) is 0 Å². The Hall–Kier alpha value is -3.46. The van der Waals surface area contributed by atoms with Crippen LogP contribution < -0.4 is 5.32 Å². The van der Waals surface area contributed by atoms with Gasteiger partial charge in [-0.15, -0.1) is 0 Å². The van der Waals surface area contributed by atoms with Gasteiger partial charge < -0.3 is 14.8 Å². The maximum Gasteiger partial charge on any atom is 0.229 e. The zero-order valence-corrected chi connectivity index (χ0v) is 22.0. The van der Waals surface area contributed by atoms with Crippen molar-refractivity contribution in [3.8, 4) is 11.3 Å². The molecule has 7 nitrogen and oxygen atoms in total. The van der Waals surface area contributed by atoms with E-state index in [9.17, 15) is 8.78 Å². The number of hydrogen-bond acceptors (Lipinski definition) is 6. The Morgan fingerprint density at radius 1 is 0.973 bits per heavy atom. The van der Waals surface area contributed by atoms with Gasteiger partial charge in [0.25, 0.3) is 0 Å². The Balaban J connectivity index is 1.39. The van der Waals surface area contributed by atoms with Gasteiger partial charge in [-0.3, -0.25) is 0 Å². The zero-order valence-electron chi connectivity index (χ0n) is 22.0. The first-order chi connectivity index (χ1) is 17.7. The highest BCUT2D eigenvalue weighted by Gasteiger charge is 2.24. The van der Waals surface area contributed by atoms with Crippen molar-refractivity contribution in [2.24, 2.45) is 5.92 Å². The molecule has 5 rings (SSSR count). The largest absolute Gasteiger partial charge is 0.326 e. The van der Waals surface area contributed by atoms with Crippen molar-refractivity contribution in [2.45, 2.75) is 52.5 Å². The highest BCUT2D eigenvalue weighted by molar-refractivity contribution is 5.83. The number of piperidine rings is 1. The highest BCUT2D eigenvalue weighted by Crippen LogP contribution is 2.33. The second-order valence-corrected chi connectivity index (χ2v) is 10.4. The smallest absolute Gasteiger partial charge is 0.229 e. The molecule has 3 aromatic heterocycles. The minimum absolute atomic E-state index is 0.0139. The van der Waals surface area contributed by atoms with E-state index in [0.29, 0.717) is 34.6 Å². The van der Waals surface area contributed by atoms with E-state index in [1.54, 1.807) is 6.07 Å². The first-order valence-corrected chi connectivity index (χ1v) is 12.8. The van der Waals surface area contributed by atoms with Crippen molar-refractivity contribution in [3.05, 3.63) is 59.7 Å². The van der Waals surface area contributed by atoms with E-state index < -0.39 is 11.6 Å². The molecule has 0 aliphatic carbocycles. The molecule has 4 aromatic rings. The molecule has 37 heavy (non-hydrogen) atoms. The molecule has 1 saturated heterocycles. The molecule has 194 valence electrons. The SMILES string of the molecule is Cc1nc2c(F)cc(-c3nc(Nc4ccc(C(C)C5CCN(C)CC5)cn4)ncc3F)cc2n1C(C)C. The molecular formula is C28H33F2N7. The van der Waals surface area contributed by atoms with E-state index in [1.165, 1.54) is 24.5 Å². The summed E-state index contributed by atoms with van der Waals surface area (Å²) in [5, 5.41) is 3.06. The average Bonchev–Trinajstić information content (AvgIpc) is 3.22. The monoisotopic (exact) mass is 505 g/mol. The van der Waals surface area contributed by atoms with Crippen LogP contribution >= 0.6 is 0 Å². The van der Waals surface area contributed by atoms with Gasteiger partial charge >= 0.3 is 0 Å². The van der Waals surface area contributed by atoms with Crippen molar-refractivity contribution in [1.82, 2.24) is 29.4 Å². The molecule has 0 radical (unpaired) electrons. The molecule has 1 aliphatic rings. The molecule has 9 heteroatoms. The fourth-order valence-corrected chi connectivity index (χ4v) is 5.35. The van der Waals surface area contributed by atoms with Gasteiger partial charge in [0.05, 0.1) is 11.7 Å². The zero-order chi connectivity index (χ0) is 26.3. The summed E-state index contributed by atoms with van der Waals surface area (Å²) in [6.07, 6.45) is 5.35. The number of likely N-dealkylation sites (tertiary alicyclic amines) is 1. The first-order valence-electron chi connectivity index (χ1n) is 12.8. The molecule has 0 bridgehead atoms. The second kappa shape index (κ2) is 10.1. The maximum absolute atomic E-state index is 15.0. The number of benzene rings is 1. The lowest BCUT2D eigenvalue weighted by atomic mass is 9.82. The molecule has 0 saturated carbocycles. The second-order valence-electron chi connectivity index (χ2n) is 10.4. The number of nitrogens with one attached hydrogen (secondary N) is 1. The first kappa shape index (κ1) is 25.2. The number of fused-ring (bicyclic) bond motifs is 1. The summed E-state index contributed by atoms with van der Waals surface area (Å²) in [7, 11) is 2.17. The third-order valence-electron chi connectivity index (χ3n) is 7.48. The van der Waals surface area contributed by atoms with E-state index in [4.69, 9.17) is 0 Å². The molecular weight excluding hydrogens is 472 g/mol. The van der Waals surface area contributed by atoms with Crippen molar-refractivity contribution < 1.29 is 8.78 Å². The fraction of sp³-hybridized carbons (Fsp3) is 0.429. The van der Waals surface area contributed by atoms with Gasteiger partial charge in [-0.1, -0.05) is 13.0 Å². The molecule has 1 aliphatic heterocycles. The highest BCUT2D eigenvalue weighted by atomic mass is 19.1. The van der Waals surface area contributed by atoms with Gasteiger partial charge in [0.1, 0.15) is 22.9 Å². The van der Waals surface area contributed by atoms with Crippen molar-refractivity contribution in [2.75, 3.05) is 25.5 Å². The number of nitrogens with zero attached hydrogens (tertiary/aromatic N) is 6. The van der Waals surface area contributed by atoms with Crippen molar-refractivity contribution in [3.63, 3.8) is 0 Å². The minimum Gasteiger partial charge on any atom is -0.326 e. The maximum atomic E-state index is 15.0. The third-order valence-corrected chi connectivity index (χ3v) is 7.48. The van der Waals surface area contributed by atoms with Crippen LogP contribution in [-0.4, -0.2) is 49.5 Å². The molecule has 1 fully saturated rings. The Kier molecular flexibility index (Phi) is 6.90. The summed E-state index contributed by atoms with van der Waals surface area (Å²) >= 11 is 0. The summed E-state index contributed by atoms with van der Waals surface area (Å²) < 4.78 is 31.7. The topological polar surface area (TPSA) is 71.8 Å². The van der Waals surface area contributed by atoms with E-state index >= 15 is 0 Å². The van der Waals surface area contributed by atoms with Gasteiger partial charge in [-0.05, 0) is 89.3 Å². The summed E-state index contributed by atoms with van der Waals surface area (Å²) in [6.45, 7) is 10.3. The van der Waals surface area contributed by atoms with Crippen LogP contribution in [0.4, 0.5) is 20.5 Å². The summed E-state index contributed by atoms with van der Waals surface area (Å²) in [6, 6.07) is 7.03. The fourth-order valence-electron chi connectivity index (χ4n) is 5.35. The van der Waals surface area contributed by atoms with Crippen molar-refractivity contribution >= 4 is 22.8 Å². The Morgan fingerprint density at radius 2 is 1.73 bits per heavy atom. The van der Waals surface area contributed by atoms with E-state index in [-0.39, 0.29) is 23.2 Å². The number of rotatable bonds is 6. The summed E-state index contributed by atoms with van der Waals surface area (Å²) in [4.78, 5) is 19.7. The van der Waals surface area contributed by atoms with Crippen LogP contribution in [0.15, 0.2) is 36.7 Å². The van der Waals surface area contributed by atoms with Crippen molar-refractivity contribution in [1.29, 1.82) is 0 Å². The number of aryl methyl sites for hydroxylation is 1. The van der Waals surface area contributed by atoms with Crippen LogP contribution in [0.1, 0.15) is 57.0 Å². The van der Waals surface area contributed by atoms with Crippen LogP contribution in [0.2, 0.25) is 0 Å². The third kappa shape index (κ3) is 5.05. The number of anilines is 2. The lowest BCUT2D eigenvalue weighted by Gasteiger charge is -2.32. The number of halogens is 2. The lowest BCUT2D eigenvalue weighted by Crippen LogP contribution is -2.32. The van der Waals surface area contributed by atoms with E-state index in [1.807, 2.05) is 37.6 Å². The van der Waals surface area contributed by atoms with Gasteiger partial charge in [0.15, 0.2) is 11.6 Å². The number of imidazole rings is 1. The van der Waals surface area contributed by atoms with Gasteiger partial charge in [0.2, 0.25) is 5.95 Å².